The molecule has 23 heavy (non-hydrogen) atoms. The molecule has 3 rings (SSSR count). The van der Waals surface area contributed by atoms with E-state index in [0.717, 1.165) is 10.1 Å². The highest BCUT2D eigenvalue weighted by atomic mass is 35.5. The summed E-state index contributed by atoms with van der Waals surface area (Å²) >= 11 is 6.38. The van der Waals surface area contributed by atoms with E-state index in [1.165, 1.54) is 11.6 Å². The van der Waals surface area contributed by atoms with Gasteiger partial charge in [0.1, 0.15) is 0 Å². The van der Waals surface area contributed by atoms with E-state index in [0.29, 0.717) is 22.0 Å². The molecule has 6 nitrogen and oxygen atoms in total. The van der Waals surface area contributed by atoms with Crippen LogP contribution in [0.2, 0.25) is 0 Å². The fraction of sp³-hybridized carbons (Fsp3) is 0.188. The van der Waals surface area contributed by atoms with Crippen molar-refractivity contribution in [2.24, 2.45) is 21.1 Å². The van der Waals surface area contributed by atoms with Gasteiger partial charge in [0.25, 0.3) is 5.56 Å². The summed E-state index contributed by atoms with van der Waals surface area (Å²) in [4.78, 5) is 28.7. The normalized spacial score (nSPS) is 12.1. The van der Waals surface area contributed by atoms with Gasteiger partial charge in [0.2, 0.25) is 0 Å². The number of halogens is 1. The summed E-state index contributed by atoms with van der Waals surface area (Å²) in [6.07, 6.45) is 1.77. The number of fused-ring (bicyclic) bond motifs is 1. The summed E-state index contributed by atoms with van der Waals surface area (Å²) in [5.41, 5.74) is 0.759. The molecular weight excluding hydrogens is 316 g/mol. The van der Waals surface area contributed by atoms with Crippen molar-refractivity contribution < 1.29 is 0 Å². The van der Waals surface area contributed by atoms with Gasteiger partial charge in [0.05, 0.1) is 5.03 Å². The number of imidazole rings is 1. The molecule has 0 fully saturated rings. The third-order valence-corrected chi connectivity index (χ3v) is 4.06. The lowest BCUT2D eigenvalue weighted by atomic mass is 10.2. The number of aryl methyl sites for hydroxylation is 2. The molecule has 0 aliphatic carbocycles. The zero-order valence-corrected chi connectivity index (χ0v) is 13.7. The largest absolute Gasteiger partial charge is 0.332 e. The molecule has 3 aromatic rings. The van der Waals surface area contributed by atoms with E-state index < -0.39 is 11.2 Å². The molecule has 0 saturated carbocycles. The van der Waals surface area contributed by atoms with Crippen molar-refractivity contribution in [1.29, 1.82) is 0 Å². The molecule has 2 heterocycles. The average Bonchev–Trinajstić information content (AvgIpc) is 2.89. The van der Waals surface area contributed by atoms with Crippen molar-refractivity contribution >= 4 is 33.9 Å². The van der Waals surface area contributed by atoms with Crippen LogP contribution in [0.1, 0.15) is 11.4 Å². The molecule has 0 N–H and O–H groups in total. The minimum absolute atomic E-state index is 0.315. The monoisotopic (exact) mass is 330 g/mol. The topological polar surface area (TPSA) is 61.8 Å². The number of hydrogen-bond acceptors (Lipinski definition) is 3. The zero-order chi connectivity index (χ0) is 16.7. The van der Waals surface area contributed by atoms with Gasteiger partial charge in [-0.2, -0.15) is 0 Å². The van der Waals surface area contributed by atoms with E-state index in [1.807, 2.05) is 30.3 Å². The molecule has 0 radical (unpaired) electrons. The van der Waals surface area contributed by atoms with Gasteiger partial charge in [-0.15, -0.1) is 0 Å². The lowest BCUT2D eigenvalue weighted by Gasteiger charge is -2.03. The maximum absolute atomic E-state index is 12.3. The van der Waals surface area contributed by atoms with Crippen molar-refractivity contribution in [3.05, 3.63) is 62.6 Å². The van der Waals surface area contributed by atoms with Gasteiger partial charge in [-0.3, -0.25) is 13.9 Å². The van der Waals surface area contributed by atoms with Crippen molar-refractivity contribution in [2.45, 2.75) is 0 Å². The van der Waals surface area contributed by atoms with Gasteiger partial charge in [0, 0.05) is 21.1 Å². The molecule has 1 aromatic carbocycles. The van der Waals surface area contributed by atoms with E-state index in [4.69, 9.17) is 11.6 Å². The fourth-order valence-corrected chi connectivity index (χ4v) is 2.79. The number of benzene rings is 1. The number of nitrogens with zero attached hydrogens (tertiary/aromatic N) is 4. The Balaban J connectivity index is 2.29. The Morgan fingerprint density at radius 1 is 1.04 bits per heavy atom. The number of hydrogen-bond donors (Lipinski definition) is 0. The quantitative estimate of drug-likeness (QED) is 0.718. The smallest absolute Gasteiger partial charge is 0.320 e. The Morgan fingerprint density at radius 3 is 2.35 bits per heavy atom. The van der Waals surface area contributed by atoms with E-state index >= 15 is 0 Å². The predicted molar refractivity (Wildman–Crippen MR) is 91.4 cm³/mol. The molecule has 0 saturated heterocycles. The SMILES string of the molecule is Cn1c(=O)c2c(nc(C(Cl)=Cc3ccccc3)n2C)n(C)c1=O. The van der Waals surface area contributed by atoms with E-state index in [9.17, 15) is 9.59 Å². The Morgan fingerprint density at radius 2 is 1.70 bits per heavy atom. The third kappa shape index (κ3) is 2.41. The third-order valence-electron chi connectivity index (χ3n) is 3.78. The van der Waals surface area contributed by atoms with Gasteiger partial charge in [-0.25, -0.2) is 9.78 Å². The number of aromatic nitrogens is 4. The molecule has 0 spiro atoms. The second-order valence-electron chi connectivity index (χ2n) is 5.28. The van der Waals surface area contributed by atoms with Crippen molar-refractivity contribution in [2.75, 3.05) is 0 Å². The second kappa shape index (κ2) is 5.55. The first kappa shape index (κ1) is 15.3. The molecule has 0 atom stereocenters. The summed E-state index contributed by atoms with van der Waals surface area (Å²) in [6.45, 7) is 0. The molecule has 0 unspecified atom stereocenters. The summed E-state index contributed by atoms with van der Waals surface area (Å²) in [7, 11) is 4.73. The fourth-order valence-electron chi connectivity index (χ4n) is 2.49. The Labute approximate surface area is 136 Å². The average molecular weight is 331 g/mol. The van der Waals surface area contributed by atoms with Crippen LogP contribution in [0.5, 0.6) is 0 Å². The van der Waals surface area contributed by atoms with Crippen molar-refractivity contribution in [1.82, 2.24) is 18.7 Å². The minimum Gasteiger partial charge on any atom is -0.320 e. The highest BCUT2D eigenvalue weighted by molar-refractivity contribution is 6.50. The van der Waals surface area contributed by atoms with Crippen LogP contribution in [-0.2, 0) is 21.1 Å². The molecule has 0 aliphatic rings. The van der Waals surface area contributed by atoms with Crippen molar-refractivity contribution in [3.8, 4) is 0 Å². The van der Waals surface area contributed by atoms with Gasteiger partial charge in [0.15, 0.2) is 17.0 Å². The van der Waals surface area contributed by atoms with Gasteiger partial charge in [-0.1, -0.05) is 41.9 Å². The highest BCUT2D eigenvalue weighted by Crippen LogP contribution is 2.23. The van der Waals surface area contributed by atoms with Crippen LogP contribution >= 0.6 is 11.6 Å². The summed E-state index contributed by atoms with van der Waals surface area (Å²) in [6, 6.07) is 9.56. The summed E-state index contributed by atoms with van der Waals surface area (Å²) in [5.74, 6) is 0.434. The lowest BCUT2D eigenvalue weighted by molar-refractivity contribution is 0.705. The molecule has 0 bridgehead atoms. The maximum atomic E-state index is 12.3. The maximum Gasteiger partial charge on any atom is 0.332 e. The predicted octanol–water partition coefficient (Wildman–Crippen LogP) is 1.71. The van der Waals surface area contributed by atoms with Crippen LogP contribution in [0, 0.1) is 0 Å². The molecule has 0 aliphatic heterocycles. The van der Waals surface area contributed by atoms with Crippen LogP contribution in [0.4, 0.5) is 0 Å². The van der Waals surface area contributed by atoms with E-state index in [-0.39, 0.29) is 0 Å². The van der Waals surface area contributed by atoms with Crippen LogP contribution in [0.15, 0.2) is 39.9 Å². The first-order valence-electron chi connectivity index (χ1n) is 6.97. The van der Waals surface area contributed by atoms with Crippen LogP contribution in [-0.4, -0.2) is 18.7 Å². The first-order chi connectivity index (χ1) is 10.9. The molecular formula is C16H15ClN4O2. The van der Waals surface area contributed by atoms with Gasteiger partial charge < -0.3 is 4.57 Å². The zero-order valence-electron chi connectivity index (χ0n) is 12.9. The Kier molecular flexibility index (Phi) is 3.69. The van der Waals surface area contributed by atoms with Crippen LogP contribution in [0.3, 0.4) is 0 Å². The minimum atomic E-state index is -0.421. The Hall–Kier alpha value is -2.60. The standard InChI is InChI=1S/C16H15ClN4O2/c1-19-12-14(20(2)16(23)21(3)15(12)22)18-13(19)11(17)9-10-7-5-4-6-8-10/h4-9H,1-3H3. The van der Waals surface area contributed by atoms with Gasteiger partial charge >= 0.3 is 5.69 Å². The Bertz CT molecular complexity index is 1040. The summed E-state index contributed by atoms with van der Waals surface area (Å²) < 4.78 is 4.01. The molecule has 7 heteroatoms. The van der Waals surface area contributed by atoms with Crippen LogP contribution in [0.25, 0.3) is 22.3 Å². The molecule has 118 valence electrons. The highest BCUT2D eigenvalue weighted by Gasteiger charge is 2.18. The molecule has 0 amide bonds. The molecule has 2 aromatic heterocycles. The van der Waals surface area contributed by atoms with Crippen molar-refractivity contribution in [3.63, 3.8) is 0 Å². The van der Waals surface area contributed by atoms with E-state index in [2.05, 4.69) is 4.98 Å². The first-order valence-corrected chi connectivity index (χ1v) is 7.34. The second-order valence-corrected chi connectivity index (χ2v) is 5.68. The van der Waals surface area contributed by atoms with E-state index in [1.54, 1.807) is 24.7 Å². The summed E-state index contributed by atoms with van der Waals surface area (Å²) in [5, 5.41) is 0.393. The van der Waals surface area contributed by atoms with Gasteiger partial charge in [-0.05, 0) is 11.6 Å². The lowest BCUT2D eigenvalue weighted by Crippen LogP contribution is -2.37. The van der Waals surface area contributed by atoms with Crippen LogP contribution < -0.4 is 11.2 Å². The number of rotatable bonds is 2.